The van der Waals surface area contributed by atoms with Crippen LogP contribution < -0.4 is 5.32 Å². The van der Waals surface area contributed by atoms with Crippen molar-refractivity contribution >= 4 is 29.2 Å². The van der Waals surface area contributed by atoms with Gasteiger partial charge in [-0.05, 0) is 26.8 Å². The molecule has 1 N–H and O–H groups in total. The molecule has 28 heavy (non-hydrogen) atoms. The lowest BCUT2D eigenvalue weighted by Gasteiger charge is -2.05. The van der Waals surface area contributed by atoms with Crippen LogP contribution in [0.5, 0.6) is 0 Å². The second-order valence-corrected chi connectivity index (χ2v) is 6.44. The first-order valence-corrected chi connectivity index (χ1v) is 8.91. The van der Waals surface area contributed by atoms with Crippen molar-refractivity contribution in [1.82, 2.24) is 29.3 Å². The number of ether oxygens (including phenoxy) is 1. The number of anilines is 1. The highest BCUT2D eigenvalue weighted by Crippen LogP contribution is 2.19. The predicted octanol–water partition coefficient (Wildman–Crippen LogP) is 2.11. The average Bonchev–Trinajstić information content (AvgIpc) is 3.37. The normalized spacial score (nSPS) is 10.9. The Kier molecular flexibility index (Phi) is 5.50. The van der Waals surface area contributed by atoms with E-state index >= 15 is 0 Å². The first-order chi connectivity index (χ1) is 13.3. The molecule has 0 saturated carbocycles. The summed E-state index contributed by atoms with van der Waals surface area (Å²) in [5, 5.41) is 16.0. The number of hydrogen-bond donors (Lipinski definition) is 1. The summed E-state index contributed by atoms with van der Waals surface area (Å²) >= 11 is 6.15. The van der Waals surface area contributed by atoms with Gasteiger partial charge in [0.25, 0.3) is 5.91 Å². The van der Waals surface area contributed by atoms with Gasteiger partial charge in [0.15, 0.2) is 11.4 Å². The summed E-state index contributed by atoms with van der Waals surface area (Å²) in [5.41, 5.74) is 2.03. The minimum absolute atomic E-state index is 0.0365. The topological polar surface area (TPSA) is 109 Å². The molecular weight excluding hydrogens is 386 g/mol. The summed E-state index contributed by atoms with van der Waals surface area (Å²) in [6.07, 6.45) is 3.23. The quantitative estimate of drug-likeness (QED) is 0.629. The molecule has 0 atom stereocenters. The number of hydrogen-bond acceptors (Lipinski definition) is 6. The maximum Gasteiger partial charge on any atom is 0.360 e. The summed E-state index contributed by atoms with van der Waals surface area (Å²) in [6.45, 7) is 6.41. The third kappa shape index (κ3) is 3.77. The molecule has 0 aromatic carbocycles. The average molecular weight is 406 g/mol. The van der Waals surface area contributed by atoms with Gasteiger partial charge in [0, 0.05) is 18.9 Å². The lowest BCUT2D eigenvalue weighted by Crippen LogP contribution is -2.17. The van der Waals surface area contributed by atoms with Gasteiger partial charge in [-0.1, -0.05) is 11.6 Å². The van der Waals surface area contributed by atoms with Crippen molar-refractivity contribution in [3.8, 4) is 0 Å². The maximum atomic E-state index is 12.5. The van der Waals surface area contributed by atoms with E-state index in [2.05, 4.69) is 20.6 Å². The minimum atomic E-state index is -0.630. The van der Waals surface area contributed by atoms with Crippen LogP contribution in [-0.2, 0) is 18.0 Å². The number of halogens is 1. The SMILES string of the molecule is CCn1cc(NC(=O)c2ccn(Cn3nc(C)c(Cl)c3C)n2)c(C(=O)OC)n1. The van der Waals surface area contributed by atoms with Crippen LogP contribution in [-0.4, -0.2) is 48.3 Å². The molecule has 0 fully saturated rings. The van der Waals surface area contributed by atoms with E-state index in [4.69, 9.17) is 16.3 Å². The summed E-state index contributed by atoms with van der Waals surface area (Å²) in [4.78, 5) is 24.4. The highest BCUT2D eigenvalue weighted by Gasteiger charge is 2.20. The smallest absolute Gasteiger partial charge is 0.360 e. The van der Waals surface area contributed by atoms with E-state index in [1.807, 2.05) is 20.8 Å². The van der Waals surface area contributed by atoms with Crippen LogP contribution in [0.3, 0.4) is 0 Å². The van der Waals surface area contributed by atoms with Crippen molar-refractivity contribution in [2.45, 2.75) is 34.0 Å². The molecule has 0 bridgehead atoms. The molecule has 3 heterocycles. The first-order valence-electron chi connectivity index (χ1n) is 8.54. The van der Waals surface area contributed by atoms with Gasteiger partial charge in [-0.3, -0.25) is 14.2 Å². The number of aromatic nitrogens is 6. The van der Waals surface area contributed by atoms with E-state index in [0.29, 0.717) is 18.2 Å². The van der Waals surface area contributed by atoms with Gasteiger partial charge in [0.2, 0.25) is 0 Å². The van der Waals surface area contributed by atoms with Crippen LogP contribution in [0.2, 0.25) is 5.02 Å². The highest BCUT2D eigenvalue weighted by atomic mass is 35.5. The molecule has 0 spiro atoms. The summed E-state index contributed by atoms with van der Waals surface area (Å²) < 4.78 is 9.52. The molecule has 0 aliphatic rings. The third-order valence-electron chi connectivity index (χ3n) is 4.16. The number of methoxy groups -OCH3 is 1. The number of rotatable bonds is 6. The highest BCUT2D eigenvalue weighted by molar-refractivity contribution is 6.31. The Bertz CT molecular complexity index is 1030. The molecule has 3 rings (SSSR count). The molecular formula is C17H20ClN7O3. The zero-order chi connectivity index (χ0) is 20.4. The molecule has 3 aromatic rings. The Morgan fingerprint density at radius 2 is 1.96 bits per heavy atom. The monoisotopic (exact) mass is 405 g/mol. The number of aryl methyl sites for hydroxylation is 2. The van der Waals surface area contributed by atoms with Crippen molar-refractivity contribution in [3.05, 3.63) is 46.3 Å². The van der Waals surface area contributed by atoms with Gasteiger partial charge in [-0.2, -0.15) is 15.3 Å². The minimum Gasteiger partial charge on any atom is -0.464 e. The van der Waals surface area contributed by atoms with Crippen LogP contribution in [0.1, 0.15) is 39.3 Å². The molecule has 0 saturated heterocycles. The largest absolute Gasteiger partial charge is 0.464 e. The number of carbonyl (C=O) groups excluding carboxylic acids is 2. The van der Waals surface area contributed by atoms with E-state index in [1.165, 1.54) is 11.8 Å². The number of esters is 1. The fourth-order valence-corrected chi connectivity index (χ4v) is 2.76. The van der Waals surface area contributed by atoms with Crippen molar-refractivity contribution in [1.29, 1.82) is 0 Å². The number of amides is 1. The van der Waals surface area contributed by atoms with Gasteiger partial charge in [0.1, 0.15) is 6.67 Å². The molecule has 10 nitrogen and oxygen atoms in total. The predicted molar refractivity (Wildman–Crippen MR) is 102 cm³/mol. The van der Waals surface area contributed by atoms with Crippen LogP contribution >= 0.6 is 11.6 Å². The summed E-state index contributed by atoms with van der Waals surface area (Å²) in [7, 11) is 1.26. The molecule has 0 aliphatic carbocycles. The Labute approximate surface area is 166 Å². The number of nitrogens with one attached hydrogen (secondary N) is 1. The molecule has 148 valence electrons. The van der Waals surface area contributed by atoms with E-state index < -0.39 is 11.9 Å². The Morgan fingerprint density at radius 3 is 2.57 bits per heavy atom. The van der Waals surface area contributed by atoms with Gasteiger partial charge < -0.3 is 10.1 Å². The Balaban J connectivity index is 1.77. The fourth-order valence-electron chi connectivity index (χ4n) is 2.62. The van der Waals surface area contributed by atoms with E-state index in [0.717, 1.165) is 11.4 Å². The van der Waals surface area contributed by atoms with Crippen molar-refractivity contribution in [3.63, 3.8) is 0 Å². The van der Waals surface area contributed by atoms with Crippen LogP contribution in [0.4, 0.5) is 5.69 Å². The Morgan fingerprint density at radius 1 is 1.21 bits per heavy atom. The van der Waals surface area contributed by atoms with Crippen LogP contribution in [0.15, 0.2) is 18.5 Å². The van der Waals surface area contributed by atoms with E-state index in [9.17, 15) is 9.59 Å². The zero-order valence-electron chi connectivity index (χ0n) is 15.9. The number of nitrogens with zero attached hydrogens (tertiary/aromatic N) is 6. The van der Waals surface area contributed by atoms with E-state index in [-0.39, 0.29) is 17.1 Å². The standard InChI is InChI=1S/C17H20ClN7O3/c1-5-23-8-13(15(22-23)17(27)28-4)19-16(26)12-6-7-24(21-12)9-25-11(3)14(18)10(2)20-25/h6-8H,5,9H2,1-4H3,(H,19,26). The van der Waals surface area contributed by atoms with Crippen LogP contribution in [0, 0.1) is 13.8 Å². The maximum absolute atomic E-state index is 12.5. The summed E-state index contributed by atoms with van der Waals surface area (Å²) in [6, 6.07) is 1.57. The molecule has 11 heteroatoms. The van der Waals surface area contributed by atoms with Gasteiger partial charge in [0.05, 0.1) is 29.2 Å². The fraction of sp³-hybridized carbons (Fsp3) is 0.353. The second kappa shape index (κ2) is 7.85. The number of carbonyl (C=O) groups is 2. The molecule has 0 aliphatic heterocycles. The summed E-state index contributed by atoms with van der Waals surface area (Å²) in [5.74, 6) is -1.10. The van der Waals surface area contributed by atoms with Gasteiger partial charge >= 0.3 is 5.97 Å². The first kappa shape index (κ1) is 19.6. The van der Waals surface area contributed by atoms with E-state index in [1.54, 1.807) is 27.8 Å². The van der Waals surface area contributed by atoms with Crippen molar-refractivity contribution in [2.24, 2.45) is 0 Å². The van der Waals surface area contributed by atoms with Crippen molar-refractivity contribution in [2.75, 3.05) is 12.4 Å². The third-order valence-corrected chi connectivity index (χ3v) is 4.70. The molecule has 3 aromatic heterocycles. The second-order valence-electron chi connectivity index (χ2n) is 6.06. The lowest BCUT2D eigenvalue weighted by molar-refractivity contribution is 0.0594. The lowest BCUT2D eigenvalue weighted by atomic mass is 10.3. The molecule has 0 radical (unpaired) electrons. The molecule has 1 amide bonds. The van der Waals surface area contributed by atoms with Gasteiger partial charge in [-0.15, -0.1) is 0 Å². The van der Waals surface area contributed by atoms with Crippen molar-refractivity contribution < 1.29 is 14.3 Å². The van der Waals surface area contributed by atoms with Crippen LogP contribution in [0.25, 0.3) is 0 Å². The molecule has 0 unspecified atom stereocenters. The zero-order valence-corrected chi connectivity index (χ0v) is 16.7. The van der Waals surface area contributed by atoms with Gasteiger partial charge in [-0.25, -0.2) is 9.48 Å². The Hall–Kier alpha value is -3.14.